The summed E-state index contributed by atoms with van der Waals surface area (Å²) in [5.74, 6) is -1.21. The molecule has 0 saturated carbocycles. The van der Waals surface area contributed by atoms with Gasteiger partial charge in [-0.1, -0.05) is 0 Å². The van der Waals surface area contributed by atoms with Gasteiger partial charge in [0, 0.05) is 19.6 Å². The van der Waals surface area contributed by atoms with Gasteiger partial charge < -0.3 is 10.6 Å². The molecule has 0 radical (unpaired) electrons. The molecule has 0 aromatic carbocycles. The fourth-order valence-corrected chi connectivity index (χ4v) is 2.59. The van der Waals surface area contributed by atoms with Crippen LogP contribution >= 0.6 is 0 Å². The number of likely N-dealkylation sites (tertiary alicyclic amines) is 2. The van der Waals surface area contributed by atoms with Gasteiger partial charge in [0.25, 0.3) is 0 Å². The van der Waals surface area contributed by atoms with Crippen LogP contribution < -0.4 is 5.73 Å². The second kappa shape index (κ2) is 4.10. The fraction of sp³-hybridized carbons (Fsp3) is 0.727. The monoisotopic (exact) mass is 239 g/mol. The highest BCUT2D eigenvalue weighted by Gasteiger charge is 2.52. The third-order valence-corrected chi connectivity index (χ3v) is 3.50. The first kappa shape index (κ1) is 12.0. The predicted octanol–water partition coefficient (Wildman–Crippen LogP) is -1.20. The van der Waals surface area contributed by atoms with Crippen LogP contribution in [0.25, 0.3) is 0 Å². The summed E-state index contributed by atoms with van der Waals surface area (Å²) in [5.41, 5.74) is 5.52. The lowest BCUT2D eigenvalue weighted by molar-refractivity contribution is -0.141. The zero-order valence-electron chi connectivity index (χ0n) is 10.0. The van der Waals surface area contributed by atoms with Crippen LogP contribution in [0.15, 0.2) is 0 Å². The zero-order valence-corrected chi connectivity index (χ0v) is 10.0. The van der Waals surface area contributed by atoms with E-state index in [-0.39, 0.29) is 29.6 Å². The molecule has 0 aromatic rings. The van der Waals surface area contributed by atoms with E-state index in [2.05, 4.69) is 0 Å². The summed E-state index contributed by atoms with van der Waals surface area (Å²) in [4.78, 5) is 38.3. The van der Waals surface area contributed by atoms with Crippen molar-refractivity contribution in [3.63, 3.8) is 0 Å². The Labute approximate surface area is 99.7 Å². The number of imide groups is 1. The van der Waals surface area contributed by atoms with Gasteiger partial charge in [0.1, 0.15) is 0 Å². The molecule has 0 spiro atoms. The van der Waals surface area contributed by atoms with Crippen molar-refractivity contribution in [3.05, 3.63) is 0 Å². The summed E-state index contributed by atoms with van der Waals surface area (Å²) < 4.78 is 0. The Morgan fingerprint density at radius 1 is 1.35 bits per heavy atom. The van der Waals surface area contributed by atoms with Crippen molar-refractivity contribution < 1.29 is 14.4 Å². The first-order valence-corrected chi connectivity index (χ1v) is 5.87. The third kappa shape index (κ3) is 1.72. The minimum Gasteiger partial charge on any atom is -0.340 e. The van der Waals surface area contributed by atoms with Gasteiger partial charge in [-0.15, -0.1) is 0 Å². The molecule has 3 atom stereocenters. The Morgan fingerprint density at radius 2 is 1.82 bits per heavy atom. The number of carbonyl (C=O) groups is 3. The van der Waals surface area contributed by atoms with Crippen LogP contribution in [-0.4, -0.2) is 53.2 Å². The molecule has 2 N–H and O–H groups in total. The SMILES string of the molecule is CCN1C(=O)[C@@H]2CN(C(=O)[C@H](C)N)C[C@H]2C1=O. The largest absolute Gasteiger partial charge is 0.340 e. The number of carbonyl (C=O) groups excluding carboxylic acids is 3. The van der Waals surface area contributed by atoms with E-state index >= 15 is 0 Å². The minimum atomic E-state index is -0.582. The van der Waals surface area contributed by atoms with E-state index in [0.717, 1.165) is 0 Å². The number of rotatable bonds is 2. The summed E-state index contributed by atoms with van der Waals surface area (Å²) in [6, 6.07) is -0.582. The molecule has 17 heavy (non-hydrogen) atoms. The van der Waals surface area contributed by atoms with Crippen LogP contribution in [0.3, 0.4) is 0 Å². The van der Waals surface area contributed by atoms with Crippen LogP contribution in [0.1, 0.15) is 13.8 Å². The first-order valence-electron chi connectivity index (χ1n) is 5.87. The highest BCUT2D eigenvalue weighted by Crippen LogP contribution is 2.33. The molecule has 6 nitrogen and oxygen atoms in total. The maximum absolute atomic E-state index is 11.9. The highest BCUT2D eigenvalue weighted by molar-refractivity contribution is 6.06. The average molecular weight is 239 g/mol. The van der Waals surface area contributed by atoms with Crippen LogP contribution in [0.2, 0.25) is 0 Å². The van der Waals surface area contributed by atoms with E-state index in [9.17, 15) is 14.4 Å². The lowest BCUT2D eigenvalue weighted by atomic mass is 10.00. The Balaban J connectivity index is 2.13. The lowest BCUT2D eigenvalue weighted by Gasteiger charge is -2.21. The Hall–Kier alpha value is -1.43. The number of hydrogen-bond acceptors (Lipinski definition) is 4. The summed E-state index contributed by atoms with van der Waals surface area (Å²) in [5, 5.41) is 0. The van der Waals surface area contributed by atoms with E-state index in [4.69, 9.17) is 5.73 Å². The smallest absolute Gasteiger partial charge is 0.239 e. The molecule has 94 valence electrons. The Morgan fingerprint density at radius 3 is 2.18 bits per heavy atom. The van der Waals surface area contributed by atoms with Crippen LogP contribution in [0.4, 0.5) is 0 Å². The maximum atomic E-state index is 11.9. The van der Waals surface area contributed by atoms with Crippen molar-refractivity contribution in [1.29, 1.82) is 0 Å². The molecule has 2 rings (SSSR count). The van der Waals surface area contributed by atoms with Gasteiger partial charge in [0.2, 0.25) is 17.7 Å². The maximum Gasteiger partial charge on any atom is 0.239 e. The van der Waals surface area contributed by atoms with Gasteiger partial charge in [0.05, 0.1) is 17.9 Å². The fourth-order valence-electron chi connectivity index (χ4n) is 2.59. The van der Waals surface area contributed by atoms with Crippen molar-refractivity contribution in [2.75, 3.05) is 19.6 Å². The molecule has 2 aliphatic rings. The number of fused-ring (bicyclic) bond motifs is 1. The van der Waals surface area contributed by atoms with Crippen LogP contribution in [0.5, 0.6) is 0 Å². The molecule has 6 heteroatoms. The molecular formula is C11H17N3O3. The molecule has 0 aromatic heterocycles. The molecule has 0 aliphatic carbocycles. The number of nitrogens with two attached hydrogens (primary N) is 1. The molecule has 2 heterocycles. The van der Waals surface area contributed by atoms with Crippen molar-refractivity contribution in [3.8, 4) is 0 Å². The van der Waals surface area contributed by atoms with Crippen molar-refractivity contribution in [2.45, 2.75) is 19.9 Å². The average Bonchev–Trinajstić information content (AvgIpc) is 2.80. The predicted molar refractivity (Wildman–Crippen MR) is 59.6 cm³/mol. The Bertz CT molecular complexity index is 356. The van der Waals surface area contributed by atoms with Crippen molar-refractivity contribution in [1.82, 2.24) is 9.80 Å². The van der Waals surface area contributed by atoms with Crippen molar-refractivity contribution in [2.24, 2.45) is 17.6 Å². The minimum absolute atomic E-state index is 0.150. The quantitative estimate of drug-likeness (QED) is 0.613. The molecule has 2 aliphatic heterocycles. The van der Waals surface area contributed by atoms with E-state index in [1.54, 1.807) is 13.8 Å². The molecular weight excluding hydrogens is 222 g/mol. The molecule has 2 fully saturated rings. The van der Waals surface area contributed by atoms with E-state index in [1.807, 2.05) is 0 Å². The van der Waals surface area contributed by atoms with Gasteiger partial charge in [-0.2, -0.15) is 0 Å². The number of nitrogens with zero attached hydrogens (tertiary/aromatic N) is 2. The summed E-state index contributed by atoms with van der Waals surface area (Å²) >= 11 is 0. The van der Waals surface area contributed by atoms with Gasteiger partial charge in [-0.3, -0.25) is 19.3 Å². The van der Waals surface area contributed by atoms with Crippen LogP contribution in [-0.2, 0) is 14.4 Å². The van der Waals surface area contributed by atoms with Gasteiger partial charge in [-0.05, 0) is 13.8 Å². The van der Waals surface area contributed by atoms with Gasteiger partial charge >= 0.3 is 0 Å². The van der Waals surface area contributed by atoms with E-state index in [1.165, 1.54) is 9.80 Å². The van der Waals surface area contributed by atoms with Crippen molar-refractivity contribution >= 4 is 17.7 Å². The highest BCUT2D eigenvalue weighted by atomic mass is 16.2. The standard InChI is InChI=1S/C11H17N3O3/c1-3-14-10(16)7-4-13(9(15)6(2)12)5-8(7)11(14)17/h6-8H,3-5,12H2,1-2H3/t6-,7+,8+/m0/s1. The summed E-state index contributed by atoms with van der Waals surface area (Å²) in [6.45, 7) is 4.45. The van der Waals surface area contributed by atoms with E-state index < -0.39 is 6.04 Å². The number of hydrogen-bond donors (Lipinski definition) is 1. The second-order valence-electron chi connectivity index (χ2n) is 4.67. The molecule has 3 amide bonds. The normalized spacial score (nSPS) is 29.8. The summed E-state index contributed by atoms with van der Waals surface area (Å²) in [7, 11) is 0. The molecule has 0 bridgehead atoms. The van der Waals surface area contributed by atoms with Crippen LogP contribution in [0, 0.1) is 11.8 Å². The topological polar surface area (TPSA) is 83.7 Å². The Kier molecular flexibility index (Phi) is 2.91. The lowest BCUT2D eigenvalue weighted by Crippen LogP contribution is -2.43. The molecule has 2 saturated heterocycles. The third-order valence-electron chi connectivity index (χ3n) is 3.50. The number of amides is 3. The van der Waals surface area contributed by atoms with Gasteiger partial charge in [0.15, 0.2) is 0 Å². The zero-order chi connectivity index (χ0) is 12.7. The summed E-state index contributed by atoms with van der Waals surface area (Å²) in [6.07, 6.45) is 0. The molecule has 0 unspecified atom stereocenters. The first-order chi connectivity index (χ1) is 7.97. The van der Waals surface area contributed by atoms with E-state index in [0.29, 0.717) is 19.6 Å². The van der Waals surface area contributed by atoms with Gasteiger partial charge in [-0.25, -0.2) is 0 Å². The second-order valence-corrected chi connectivity index (χ2v) is 4.67.